The molecule has 3 nitrogen and oxygen atoms in total. The van der Waals surface area contributed by atoms with Gasteiger partial charge in [0.25, 0.3) is 0 Å². The van der Waals surface area contributed by atoms with Gasteiger partial charge in [-0.25, -0.2) is 0 Å². The number of rotatable bonds is 3. The average molecular weight is 433 g/mol. The predicted molar refractivity (Wildman–Crippen MR) is 117 cm³/mol. The Kier molecular flexibility index (Phi) is 4.65. The first-order valence-electron chi connectivity index (χ1n) is 9.72. The summed E-state index contributed by atoms with van der Waals surface area (Å²) in [5.74, 6) is 1.29. The summed E-state index contributed by atoms with van der Waals surface area (Å²) in [6.07, 6.45) is 7.26. The minimum Gasteiger partial charge on any atom is -0.465 e. The Balaban J connectivity index is 1.60. The van der Waals surface area contributed by atoms with Gasteiger partial charge in [-0.1, -0.05) is 46.3 Å². The molecule has 1 fully saturated rings. The van der Waals surface area contributed by atoms with Crippen LogP contribution in [0.4, 0.5) is 5.69 Å². The van der Waals surface area contributed by atoms with E-state index < -0.39 is 0 Å². The number of anilines is 1. The molecular weight excluding hydrogens is 412 g/mol. The highest BCUT2D eigenvalue weighted by Gasteiger charge is 2.41. The van der Waals surface area contributed by atoms with E-state index in [4.69, 9.17) is 9.52 Å². The van der Waals surface area contributed by atoms with Gasteiger partial charge in [0, 0.05) is 10.4 Å². The number of hydrazone groups is 1. The number of nitrogens with zero attached hydrogens (tertiary/aromatic N) is 2. The van der Waals surface area contributed by atoms with Crippen molar-refractivity contribution in [2.45, 2.75) is 25.3 Å². The number of fused-ring (bicyclic) bond motifs is 1. The predicted octanol–water partition coefficient (Wildman–Crippen LogP) is 6.84. The Morgan fingerprint density at radius 3 is 2.57 bits per heavy atom. The number of hydrogen-bond acceptors (Lipinski definition) is 3. The lowest BCUT2D eigenvalue weighted by molar-refractivity contribution is 0.487. The molecule has 0 N–H and O–H groups in total. The first-order valence-corrected chi connectivity index (χ1v) is 10.5. The third-order valence-electron chi connectivity index (χ3n) is 5.59. The van der Waals surface area contributed by atoms with Gasteiger partial charge in [-0.15, -0.1) is 0 Å². The maximum atomic E-state index is 5.57. The maximum absolute atomic E-state index is 5.57. The molecule has 2 aliphatic rings. The molecule has 2 heterocycles. The number of hydrogen-bond donors (Lipinski definition) is 0. The van der Waals surface area contributed by atoms with E-state index in [1.807, 2.05) is 12.1 Å². The molecule has 0 radical (unpaired) electrons. The number of para-hydroxylation sites is 1. The molecule has 0 spiro atoms. The zero-order valence-electron chi connectivity index (χ0n) is 15.5. The van der Waals surface area contributed by atoms with Gasteiger partial charge < -0.3 is 4.42 Å². The normalized spacial score (nSPS) is 23.0. The van der Waals surface area contributed by atoms with E-state index >= 15 is 0 Å². The monoisotopic (exact) mass is 432 g/mol. The van der Waals surface area contributed by atoms with E-state index in [1.54, 1.807) is 6.26 Å². The summed E-state index contributed by atoms with van der Waals surface area (Å²) in [5.41, 5.74) is 4.94. The van der Waals surface area contributed by atoms with Gasteiger partial charge >= 0.3 is 0 Å². The van der Waals surface area contributed by atoms with E-state index in [9.17, 15) is 0 Å². The Bertz CT molecular complexity index is 1010. The second kappa shape index (κ2) is 7.44. The molecule has 140 valence electrons. The van der Waals surface area contributed by atoms with Crippen LogP contribution in [0.3, 0.4) is 0 Å². The molecular formula is C24H21BrN2O. The fourth-order valence-electron chi connectivity index (χ4n) is 4.33. The van der Waals surface area contributed by atoms with Crippen molar-refractivity contribution < 1.29 is 4.42 Å². The Morgan fingerprint density at radius 2 is 1.82 bits per heavy atom. The molecule has 1 aliphatic heterocycles. The minimum atomic E-state index is 0.214. The second-order valence-corrected chi connectivity index (χ2v) is 8.26. The third-order valence-corrected chi connectivity index (χ3v) is 6.12. The van der Waals surface area contributed by atoms with E-state index in [0.717, 1.165) is 28.8 Å². The summed E-state index contributed by atoms with van der Waals surface area (Å²) in [7, 11) is 0. The molecule has 5 rings (SSSR count). The smallest absolute Gasteiger partial charge is 0.126 e. The van der Waals surface area contributed by atoms with Crippen LogP contribution in [0.15, 0.2) is 92.6 Å². The molecule has 1 aliphatic carbocycles. The fourth-order valence-corrected chi connectivity index (χ4v) is 4.60. The Morgan fingerprint density at radius 1 is 1.00 bits per heavy atom. The van der Waals surface area contributed by atoms with Crippen LogP contribution in [0.5, 0.6) is 0 Å². The molecule has 3 aromatic rings. The van der Waals surface area contributed by atoms with Gasteiger partial charge in [0.15, 0.2) is 0 Å². The van der Waals surface area contributed by atoms with Gasteiger partial charge in [-0.2, -0.15) is 5.10 Å². The van der Waals surface area contributed by atoms with Crippen molar-refractivity contribution in [2.75, 3.05) is 5.01 Å². The number of halogens is 1. The zero-order chi connectivity index (χ0) is 18.9. The van der Waals surface area contributed by atoms with E-state index in [2.05, 4.69) is 81.6 Å². The molecule has 0 unspecified atom stereocenters. The highest BCUT2D eigenvalue weighted by Crippen LogP contribution is 2.46. The lowest BCUT2D eigenvalue weighted by Gasteiger charge is -2.30. The quantitative estimate of drug-likeness (QED) is 0.452. The van der Waals surface area contributed by atoms with Crippen molar-refractivity contribution >= 4 is 33.4 Å². The van der Waals surface area contributed by atoms with Crippen LogP contribution in [0.1, 0.15) is 36.6 Å². The Hall–Kier alpha value is -2.59. The van der Waals surface area contributed by atoms with Gasteiger partial charge in [0.1, 0.15) is 5.76 Å². The highest BCUT2D eigenvalue weighted by atomic mass is 79.9. The van der Waals surface area contributed by atoms with Crippen molar-refractivity contribution in [3.8, 4) is 0 Å². The molecule has 1 aromatic heterocycles. The topological polar surface area (TPSA) is 28.7 Å². The highest BCUT2D eigenvalue weighted by molar-refractivity contribution is 9.10. The van der Waals surface area contributed by atoms with Gasteiger partial charge in [-0.3, -0.25) is 5.01 Å². The summed E-state index contributed by atoms with van der Waals surface area (Å²) in [5, 5.41) is 7.36. The van der Waals surface area contributed by atoms with Crippen molar-refractivity contribution in [3.63, 3.8) is 0 Å². The first-order chi connectivity index (χ1) is 13.8. The Labute approximate surface area is 173 Å². The summed E-state index contributed by atoms with van der Waals surface area (Å²) < 4.78 is 6.67. The molecule has 2 aromatic carbocycles. The van der Waals surface area contributed by atoms with Gasteiger partial charge in [-0.05, 0) is 72.9 Å². The zero-order valence-corrected chi connectivity index (χ0v) is 17.0. The summed E-state index contributed by atoms with van der Waals surface area (Å²) in [6.45, 7) is 0. The number of furan rings is 1. The van der Waals surface area contributed by atoms with Crippen LogP contribution < -0.4 is 5.01 Å². The van der Waals surface area contributed by atoms with Crippen LogP contribution in [-0.2, 0) is 0 Å². The summed E-state index contributed by atoms with van der Waals surface area (Å²) in [4.78, 5) is 0. The first kappa shape index (κ1) is 17.5. The largest absolute Gasteiger partial charge is 0.465 e. The lowest BCUT2D eigenvalue weighted by Crippen LogP contribution is -2.28. The SMILES string of the molecule is Brc1ccc([C@H]2[C@H]3CCC/C(=C\c4ccco4)C3=NN2c2ccccc2)cc1. The average Bonchev–Trinajstić information content (AvgIpc) is 3.38. The minimum absolute atomic E-state index is 0.214. The number of benzene rings is 2. The standard InChI is InChI=1S/C24H21BrN2O/c25-19-13-11-17(12-14-19)24-22-10-4-6-18(16-21-9-5-15-28-21)23(22)26-27(24)20-7-2-1-3-8-20/h1-3,5,7-9,11-16,22,24H,4,6,10H2/b18-16+/t22-,24-/m0/s1. The molecule has 28 heavy (non-hydrogen) atoms. The third kappa shape index (κ3) is 3.22. The molecule has 1 saturated carbocycles. The van der Waals surface area contributed by atoms with Crippen molar-refractivity contribution in [2.24, 2.45) is 11.0 Å². The van der Waals surface area contributed by atoms with Gasteiger partial charge in [0.2, 0.25) is 0 Å². The summed E-state index contributed by atoms with van der Waals surface area (Å²) >= 11 is 3.56. The van der Waals surface area contributed by atoms with Crippen molar-refractivity contribution in [1.29, 1.82) is 0 Å². The fraction of sp³-hybridized carbons (Fsp3) is 0.208. The van der Waals surface area contributed by atoms with E-state index in [0.29, 0.717) is 5.92 Å². The van der Waals surface area contributed by atoms with Crippen LogP contribution in [0, 0.1) is 5.92 Å². The molecule has 0 bridgehead atoms. The summed E-state index contributed by atoms with van der Waals surface area (Å²) in [6, 6.07) is 23.3. The maximum Gasteiger partial charge on any atom is 0.126 e. The van der Waals surface area contributed by atoms with Crippen LogP contribution >= 0.6 is 15.9 Å². The van der Waals surface area contributed by atoms with Crippen molar-refractivity contribution in [1.82, 2.24) is 0 Å². The van der Waals surface area contributed by atoms with Crippen LogP contribution in [0.25, 0.3) is 6.08 Å². The van der Waals surface area contributed by atoms with E-state index in [1.165, 1.54) is 23.3 Å². The van der Waals surface area contributed by atoms with Crippen molar-refractivity contribution in [3.05, 3.63) is 94.4 Å². The van der Waals surface area contributed by atoms with Gasteiger partial charge in [0.05, 0.1) is 23.7 Å². The molecule has 0 amide bonds. The number of allylic oxidation sites excluding steroid dienone is 1. The van der Waals surface area contributed by atoms with Crippen LogP contribution in [-0.4, -0.2) is 5.71 Å². The lowest BCUT2D eigenvalue weighted by atomic mass is 9.77. The van der Waals surface area contributed by atoms with E-state index in [-0.39, 0.29) is 6.04 Å². The molecule has 2 atom stereocenters. The van der Waals surface area contributed by atoms with Crippen LogP contribution in [0.2, 0.25) is 0 Å². The molecule has 0 saturated heterocycles. The second-order valence-electron chi connectivity index (χ2n) is 7.35. The molecule has 4 heteroatoms.